The van der Waals surface area contributed by atoms with Gasteiger partial charge in [0, 0.05) is 13.1 Å². The summed E-state index contributed by atoms with van der Waals surface area (Å²) in [7, 11) is 1.66. The SMILES string of the molecule is COc1ccc(C2(C(=O)N3CCCC3)CC2)cc1. The molecule has 1 heterocycles. The minimum Gasteiger partial charge on any atom is -0.497 e. The van der Waals surface area contributed by atoms with Crippen molar-refractivity contribution in [2.24, 2.45) is 0 Å². The van der Waals surface area contributed by atoms with Crippen LogP contribution in [-0.4, -0.2) is 31.0 Å². The summed E-state index contributed by atoms with van der Waals surface area (Å²) < 4.78 is 5.17. The fraction of sp³-hybridized carbons (Fsp3) is 0.533. The van der Waals surface area contributed by atoms with Crippen LogP contribution in [-0.2, 0) is 10.2 Å². The molecule has 0 bridgehead atoms. The summed E-state index contributed by atoms with van der Waals surface area (Å²) in [6.45, 7) is 1.88. The van der Waals surface area contributed by atoms with Crippen molar-refractivity contribution in [2.75, 3.05) is 20.2 Å². The second kappa shape index (κ2) is 4.30. The van der Waals surface area contributed by atoms with Crippen LogP contribution in [0.15, 0.2) is 24.3 Å². The van der Waals surface area contributed by atoms with Crippen molar-refractivity contribution in [1.29, 1.82) is 0 Å². The minimum atomic E-state index is -0.212. The van der Waals surface area contributed by atoms with Crippen molar-refractivity contribution < 1.29 is 9.53 Å². The number of hydrogen-bond acceptors (Lipinski definition) is 2. The van der Waals surface area contributed by atoms with Crippen LogP contribution >= 0.6 is 0 Å². The smallest absolute Gasteiger partial charge is 0.233 e. The molecule has 0 unspecified atom stereocenters. The van der Waals surface area contributed by atoms with E-state index in [4.69, 9.17) is 4.74 Å². The maximum Gasteiger partial charge on any atom is 0.233 e. The van der Waals surface area contributed by atoms with E-state index in [-0.39, 0.29) is 5.41 Å². The van der Waals surface area contributed by atoms with Gasteiger partial charge >= 0.3 is 0 Å². The van der Waals surface area contributed by atoms with E-state index in [9.17, 15) is 4.79 Å². The van der Waals surface area contributed by atoms with Crippen LogP contribution in [0, 0.1) is 0 Å². The highest BCUT2D eigenvalue weighted by Crippen LogP contribution is 2.50. The predicted octanol–water partition coefficient (Wildman–Crippen LogP) is 2.35. The zero-order chi connectivity index (χ0) is 12.6. The average Bonchev–Trinajstić information content (AvgIpc) is 3.05. The van der Waals surface area contributed by atoms with E-state index in [1.54, 1.807) is 7.11 Å². The van der Waals surface area contributed by atoms with Crippen molar-refractivity contribution in [3.63, 3.8) is 0 Å². The highest BCUT2D eigenvalue weighted by atomic mass is 16.5. The van der Waals surface area contributed by atoms with Gasteiger partial charge in [0.15, 0.2) is 0 Å². The largest absolute Gasteiger partial charge is 0.497 e. The number of likely N-dealkylation sites (tertiary alicyclic amines) is 1. The lowest BCUT2D eigenvalue weighted by atomic mass is 9.94. The monoisotopic (exact) mass is 245 g/mol. The van der Waals surface area contributed by atoms with Gasteiger partial charge in [-0.05, 0) is 43.4 Å². The van der Waals surface area contributed by atoms with Crippen molar-refractivity contribution in [1.82, 2.24) is 4.90 Å². The third-order valence-corrected chi connectivity index (χ3v) is 4.20. The Bertz CT molecular complexity index is 442. The number of rotatable bonds is 3. The molecule has 0 N–H and O–H groups in total. The van der Waals surface area contributed by atoms with Gasteiger partial charge < -0.3 is 9.64 Å². The molecule has 96 valence electrons. The summed E-state index contributed by atoms with van der Waals surface area (Å²) in [6, 6.07) is 7.99. The molecule has 2 fully saturated rings. The van der Waals surface area contributed by atoms with Gasteiger partial charge in [0.2, 0.25) is 5.91 Å². The van der Waals surface area contributed by atoms with Gasteiger partial charge in [0.25, 0.3) is 0 Å². The van der Waals surface area contributed by atoms with E-state index in [2.05, 4.69) is 0 Å². The first-order valence-electron chi connectivity index (χ1n) is 6.70. The average molecular weight is 245 g/mol. The maximum atomic E-state index is 12.6. The normalized spacial score (nSPS) is 20.8. The number of carbonyl (C=O) groups excluding carboxylic acids is 1. The van der Waals surface area contributed by atoms with Gasteiger partial charge in [-0.3, -0.25) is 4.79 Å². The van der Waals surface area contributed by atoms with Crippen LogP contribution in [0.25, 0.3) is 0 Å². The van der Waals surface area contributed by atoms with Gasteiger partial charge in [-0.1, -0.05) is 12.1 Å². The Labute approximate surface area is 108 Å². The second-order valence-electron chi connectivity index (χ2n) is 5.31. The zero-order valence-corrected chi connectivity index (χ0v) is 10.8. The lowest BCUT2D eigenvalue weighted by Gasteiger charge is -2.23. The van der Waals surface area contributed by atoms with Gasteiger partial charge in [0.1, 0.15) is 5.75 Å². The molecule has 1 aliphatic carbocycles. The number of methoxy groups -OCH3 is 1. The third-order valence-electron chi connectivity index (χ3n) is 4.20. The van der Waals surface area contributed by atoms with Crippen LogP contribution in [0.3, 0.4) is 0 Å². The Morgan fingerprint density at radius 3 is 2.28 bits per heavy atom. The number of ether oxygens (including phenoxy) is 1. The Hall–Kier alpha value is -1.51. The minimum absolute atomic E-state index is 0.212. The highest BCUT2D eigenvalue weighted by Gasteiger charge is 2.53. The van der Waals surface area contributed by atoms with Gasteiger partial charge in [-0.2, -0.15) is 0 Å². The summed E-state index contributed by atoms with van der Waals surface area (Å²) in [5.74, 6) is 1.19. The van der Waals surface area contributed by atoms with Crippen LogP contribution in [0.2, 0.25) is 0 Å². The van der Waals surface area contributed by atoms with Crippen LogP contribution in [0.1, 0.15) is 31.2 Å². The van der Waals surface area contributed by atoms with Crippen molar-refractivity contribution in [3.8, 4) is 5.75 Å². The standard InChI is InChI=1S/C15H19NO2/c1-18-13-6-4-12(5-7-13)15(8-9-15)14(17)16-10-2-3-11-16/h4-7H,2-3,8-11H2,1H3. The molecule has 18 heavy (non-hydrogen) atoms. The first kappa shape index (κ1) is 11.6. The Morgan fingerprint density at radius 2 is 1.78 bits per heavy atom. The Morgan fingerprint density at radius 1 is 1.17 bits per heavy atom. The molecule has 3 rings (SSSR count). The van der Waals surface area contributed by atoms with E-state index in [1.165, 1.54) is 0 Å². The molecule has 1 aliphatic heterocycles. The van der Waals surface area contributed by atoms with Gasteiger partial charge in [0.05, 0.1) is 12.5 Å². The van der Waals surface area contributed by atoms with E-state index in [0.717, 1.165) is 50.1 Å². The molecule has 2 aliphatic rings. The predicted molar refractivity (Wildman–Crippen MR) is 69.7 cm³/mol. The lowest BCUT2D eigenvalue weighted by molar-refractivity contribution is -0.132. The number of hydrogen-bond donors (Lipinski definition) is 0. The Kier molecular flexibility index (Phi) is 2.77. The molecule has 0 aromatic heterocycles. The summed E-state index contributed by atoms with van der Waals surface area (Å²) in [5, 5.41) is 0. The topological polar surface area (TPSA) is 29.5 Å². The molecule has 0 atom stereocenters. The van der Waals surface area contributed by atoms with Crippen LogP contribution < -0.4 is 4.74 Å². The zero-order valence-electron chi connectivity index (χ0n) is 10.8. The molecule has 0 radical (unpaired) electrons. The quantitative estimate of drug-likeness (QED) is 0.818. The van der Waals surface area contributed by atoms with E-state index in [1.807, 2.05) is 29.2 Å². The summed E-state index contributed by atoms with van der Waals surface area (Å²) in [5.41, 5.74) is 0.941. The molecule has 1 aromatic rings. The Balaban J connectivity index is 1.82. The van der Waals surface area contributed by atoms with Crippen molar-refractivity contribution in [2.45, 2.75) is 31.1 Å². The number of amides is 1. The number of benzene rings is 1. The fourth-order valence-corrected chi connectivity index (χ4v) is 2.88. The summed E-state index contributed by atoms with van der Waals surface area (Å²) in [6.07, 6.45) is 4.30. The summed E-state index contributed by atoms with van der Waals surface area (Å²) >= 11 is 0. The molecular weight excluding hydrogens is 226 g/mol. The van der Waals surface area contributed by atoms with E-state index in [0.29, 0.717) is 5.91 Å². The van der Waals surface area contributed by atoms with Gasteiger partial charge in [-0.25, -0.2) is 0 Å². The van der Waals surface area contributed by atoms with Crippen LogP contribution in [0.4, 0.5) is 0 Å². The van der Waals surface area contributed by atoms with Crippen molar-refractivity contribution in [3.05, 3.63) is 29.8 Å². The van der Waals surface area contributed by atoms with Crippen LogP contribution in [0.5, 0.6) is 5.75 Å². The highest BCUT2D eigenvalue weighted by molar-refractivity contribution is 5.91. The molecule has 1 aromatic carbocycles. The van der Waals surface area contributed by atoms with Gasteiger partial charge in [-0.15, -0.1) is 0 Å². The van der Waals surface area contributed by atoms with Crippen molar-refractivity contribution >= 4 is 5.91 Å². The fourth-order valence-electron chi connectivity index (χ4n) is 2.88. The molecule has 0 spiro atoms. The molecule has 1 amide bonds. The maximum absolute atomic E-state index is 12.6. The first-order valence-corrected chi connectivity index (χ1v) is 6.70. The first-order chi connectivity index (χ1) is 8.76. The molecular formula is C15H19NO2. The van der Waals surface area contributed by atoms with E-state index < -0.39 is 0 Å². The number of carbonyl (C=O) groups is 1. The van der Waals surface area contributed by atoms with E-state index >= 15 is 0 Å². The number of nitrogens with zero attached hydrogens (tertiary/aromatic N) is 1. The third kappa shape index (κ3) is 1.78. The molecule has 3 nitrogen and oxygen atoms in total. The molecule has 1 saturated carbocycles. The lowest BCUT2D eigenvalue weighted by Crippen LogP contribution is -2.37. The molecule has 1 saturated heterocycles. The molecule has 3 heteroatoms. The second-order valence-corrected chi connectivity index (χ2v) is 5.31. The summed E-state index contributed by atoms with van der Waals surface area (Å²) in [4.78, 5) is 14.6.